The predicted molar refractivity (Wildman–Crippen MR) is 128 cm³/mol. The summed E-state index contributed by atoms with van der Waals surface area (Å²) >= 11 is 1.54. The van der Waals surface area contributed by atoms with Gasteiger partial charge in [0.25, 0.3) is 5.91 Å². The van der Waals surface area contributed by atoms with Gasteiger partial charge in [-0.3, -0.25) is 10.1 Å². The summed E-state index contributed by atoms with van der Waals surface area (Å²) in [7, 11) is 1.60. The van der Waals surface area contributed by atoms with E-state index in [4.69, 9.17) is 9.72 Å². The van der Waals surface area contributed by atoms with Crippen molar-refractivity contribution >= 4 is 22.4 Å². The Labute approximate surface area is 186 Å². The molecule has 0 aliphatic rings. The molecule has 0 aliphatic heterocycles. The van der Waals surface area contributed by atoms with Crippen LogP contribution in [0.15, 0.2) is 78.9 Å². The van der Waals surface area contributed by atoms with Gasteiger partial charge in [0.15, 0.2) is 5.13 Å². The number of aryl methyl sites for hydroxylation is 1. The van der Waals surface area contributed by atoms with Crippen LogP contribution in [-0.2, 0) is 6.42 Å². The molecule has 1 N–H and O–H groups in total. The fraction of sp³-hybridized carbons (Fsp3) is 0.154. The number of rotatable bonds is 7. The van der Waals surface area contributed by atoms with Crippen LogP contribution in [0.2, 0.25) is 0 Å². The maximum Gasteiger partial charge on any atom is 0.257 e. The van der Waals surface area contributed by atoms with E-state index in [1.807, 2.05) is 18.2 Å². The molecule has 4 nitrogen and oxygen atoms in total. The summed E-state index contributed by atoms with van der Waals surface area (Å²) < 4.78 is 5.16. The molecule has 0 saturated carbocycles. The normalized spacial score (nSPS) is 10.6. The maximum atomic E-state index is 12.6. The lowest BCUT2D eigenvalue weighted by molar-refractivity contribution is 0.102. The second-order valence-electron chi connectivity index (χ2n) is 7.17. The van der Waals surface area contributed by atoms with Gasteiger partial charge in [-0.25, -0.2) is 4.98 Å². The lowest BCUT2D eigenvalue weighted by atomic mass is 10.0. The van der Waals surface area contributed by atoms with E-state index in [1.165, 1.54) is 16.0 Å². The van der Waals surface area contributed by atoms with Crippen LogP contribution in [0.4, 0.5) is 5.13 Å². The molecule has 0 radical (unpaired) electrons. The molecule has 0 spiro atoms. The third-order valence-corrected chi connectivity index (χ3v) is 6.04. The molecule has 1 heterocycles. The molecule has 0 atom stereocenters. The summed E-state index contributed by atoms with van der Waals surface area (Å²) in [6, 6.07) is 25.8. The Morgan fingerprint density at radius 3 is 2.19 bits per heavy atom. The highest BCUT2D eigenvalue weighted by molar-refractivity contribution is 7.16. The van der Waals surface area contributed by atoms with Gasteiger partial charge in [0, 0.05) is 16.0 Å². The standard InChI is InChI=1S/C26H24N2O2S/c1-3-7-23-24(20-12-10-19(11-13-20)18-8-5-4-6-9-18)27-26(31-23)28-25(29)21-14-16-22(30-2)17-15-21/h4-6,8-17H,3,7H2,1-2H3,(H,27,28,29). The minimum atomic E-state index is -0.176. The van der Waals surface area contributed by atoms with E-state index in [1.54, 1.807) is 42.7 Å². The zero-order chi connectivity index (χ0) is 21.6. The second-order valence-corrected chi connectivity index (χ2v) is 8.25. The first-order valence-corrected chi connectivity index (χ1v) is 11.1. The fourth-order valence-electron chi connectivity index (χ4n) is 3.39. The quantitative estimate of drug-likeness (QED) is 0.357. The number of carbonyl (C=O) groups excluding carboxylic acids is 1. The Balaban J connectivity index is 1.57. The number of hydrogen-bond acceptors (Lipinski definition) is 4. The number of methoxy groups -OCH3 is 1. The molecule has 5 heteroatoms. The van der Waals surface area contributed by atoms with Crippen molar-refractivity contribution in [1.29, 1.82) is 0 Å². The molecule has 4 aromatic rings. The summed E-state index contributed by atoms with van der Waals surface area (Å²) in [5.74, 6) is 0.544. The highest BCUT2D eigenvalue weighted by Crippen LogP contribution is 2.33. The lowest BCUT2D eigenvalue weighted by Gasteiger charge is -2.05. The van der Waals surface area contributed by atoms with Crippen molar-refractivity contribution in [2.24, 2.45) is 0 Å². The van der Waals surface area contributed by atoms with E-state index in [0.717, 1.165) is 29.8 Å². The Morgan fingerprint density at radius 2 is 1.55 bits per heavy atom. The smallest absolute Gasteiger partial charge is 0.257 e. The van der Waals surface area contributed by atoms with Gasteiger partial charge in [0.1, 0.15) is 5.75 Å². The van der Waals surface area contributed by atoms with Crippen molar-refractivity contribution in [3.63, 3.8) is 0 Å². The summed E-state index contributed by atoms with van der Waals surface area (Å²) in [4.78, 5) is 18.6. The Morgan fingerprint density at radius 1 is 0.903 bits per heavy atom. The molecule has 156 valence electrons. The zero-order valence-electron chi connectivity index (χ0n) is 17.6. The van der Waals surface area contributed by atoms with Crippen LogP contribution in [0.5, 0.6) is 5.75 Å². The highest BCUT2D eigenvalue weighted by atomic mass is 32.1. The molecular weight excluding hydrogens is 404 g/mol. The van der Waals surface area contributed by atoms with E-state index in [9.17, 15) is 4.79 Å². The van der Waals surface area contributed by atoms with E-state index < -0.39 is 0 Å². The first kappa shape index (κ1) is 20.8. The number of anilines is 1. The zero-order valence-corrected chi connectivity index (χ0v) is 18.4. The molecule has 0 saturated heterocycles. The Bertz CT molecular complexity index is 1150. The summed E-state index contributed by atoms with van der Waals surface area (Å²) in [6.45, 7) is 2.15. The first-order chi connectivity index (χ1) is 15.2. The average Bonchev–Trinajstić information content (AvgIpc) is 3.22. The molecule has 31 heavy (non-hydrogen) atoms. The third-order valence-electron chi connectivity index (χ3n) is 5.01. The number of thiazole rings is 1. The average molecular weight is 429 g/mol. The summed E-state index contributed by atoms with van der Waals surface area (Å²) in [5.41, 5.74) is 4.93. The number of aromatic nitrogens is 1. The van der Waals surface area contributed by atoms with Crippen molar-refractivity contribution in [2.75, 3.05) is 12.4 Å². The van der Waals surface area contributed by atoms with Gasteiger partial charge in [-0.15, -0.1) is 11.3 Å². The van der Waals surface area contributed by atoms with Crippen molar-refractivity contribution in [3.8, 4) is 28.1 Å². The maximum absolute atomic E-state index is 12.6. The van der Waals surface area contributed by atoms with Crippen LogP contribution in [-0.4, -0.2) is 18.0 Å². The minimum Gasteiger partial charge on any atom is -0.497 e. The van der Waals surface area contributed by atoms with Crippen molar-refractivity contribution in [3.05, 3.63) is 89.3 Å². The fourth-order valence-corrected chi connectivity index (χ4v) is 4.47. The molecule has 1 amide bonds. The SMILES string of the molecule is CCCc1sc(NC(=O)c2ccc(OC)cc2)nc1-c1ccc(-c2ccccc2)cc1. The van der Waals surface area contributed by atoms with Crippen LogP contribution in [0, 0.1) is 0 Å². The number of amides is 1. The highest BCUT2D eigenvalue weighted by Gasteiger charge is 2.15. The number of hydrogen-bond donors (Lipinski definition) is 1. The van der Waals surface area contributed by atoms with Gasteiger partial charge in [-0.05, 0) is 41.8 Å². The molecule has 0 fully saturated rings. The molecule has 0 bridgehead atoms. The van der Waals surface area contributed by atoms with E-state index in [0.29, 0.717) is 10.7 Å². The van der Waals surface area contributed by atoms with Crippen LogP contribution >= 0.6 is 11.3 Å². The molecule has 4 rings (SSSR count). The van der Waals surface area contributed by atoms with Crippen molar-refractivity contribution in [1.82, 2.24) is 4.98 Å². The lowest BCUT2D eigenvalue weighted by Crippen LogP contribution is -2.11. The minimum absolute atomic E-state index is 0.176. The van der Waals surface area contributed by atoms with Gasteiger partial charge in [-0.1, -0.05) is 67.9 Å². The largest absolute Gasteiger partial charge is 0.497 e. The van der Waals surface area contributed by atoms with E-state index in [-0.39, 0.29) is 5.91 Å². The Kier molecular flexibility index (Phi) is 6.43. The predicted octanol–water partition coefficient (Wildman–Crippen LogP) is 6.69. The van der Waals surface area contributed by atoms with Crippen LogP contribution in [0.1, 0.15) is 28.6 Å². The molecule has 0 aliphatic carbocycles. The van der Waals surface area contributed by atoms with Gasteiger partial charge in [0.05, 0.1) is 12.8 Å². The van der Waals surface area contributed by atoms with Gasteiger partial charge >= 0.3 is 0 Å². The number of benzene rings is 3. The molecule has 1 aromatic heterocycles. The Hall–Kier alpha value is -3.44. The molecular formula is C26H24N2O2S. The topological polar surface area (TPSA) is 51.2 Å². The molecule has 3 aromatic carbocycles. The summed E-state index contributed by atoms with van der Waals surface area (Å²) in [5, 5.41) is 3.57. The van der Waals surface area contributed by atoms with Crippen molar-refractivity contribution in [2.45, 2.75) is 19.8 Å². The van der Waals surface area contributed by atoms with Gasteiger partial charge < -0.3 is 4.74 Å². The monoisotopic (exact) mass is 428 g/mol. The van der Waals surface area contributed by atoms with Crippen LogP contribution in [0.3, 0.4) is 0 Å². The van der Waals surface area contributed by atoms with Crippen molar-refractivity contribution < 1.29 is 9.53 Å². The van der Waals surface area contributed by atoms with Crippen LogP contribution < -0.4 is 10.1 Å². The number of nitrogens with one attached hydrogen (secondary N) is 1. The molecule has 0 unspecified atom stereocenters. The summed E-state index contributed by atoms with van der Waals surface area (Å²) in [6.07, 6.45) is 1.94. The number of carbonyl (C=O) groups is 1. The van der Waals surface area contributed by atoms with Gasteiger partial charge in [-0.2, -0.15) is 0 Å². The number of nitrogens with zero attached hydrogens (tertiary/aromatic N) is 1. The number of ether oxygens (including phenoxy) is 1. The van der Waals surface area contributed by atoms with Gasteiger partial charge in [0.2, 0.25) is 0 Å². The van der Waals surface area contributed by atoms with E-state index >= 15 is 0 Å². The second kappa shape index (κ2) is 9.58. The first-order valence-electron chi connectivity index (χ1n) is 10.3. The van der Waals surface area contributed by atoms with E-state index in [2.05, 4.69) is 48.6 Å². The third kappa shape index (κ3) is 4.84. The van der Waals surface area contributed by atoms with Crippen LogP contribution in [0.25, 0.3) is 22.4 Å².